The number of fused-ring (bicyclic) bond motifs is 1. The van der Waals surface area contributed by atoms with Crippen LogP contribution in [0.4, 0.5) is 5.13 Å². The Balaban J connectivity index is 1.46. The molecule has 0 bridgehead atoms. The fourth-order valence-electron chi connectivity index (χ4n) is 3.09. The monoisotopic (exact) mass is 403 g/mol. The Bertz CT molecular complexity index is 934. The number of hydrogen-bond acceptors (Lipinski definition) is 5. The second kappa shape index (κ2) is 7.47. The normalized spacial score (nSPS) is 14.8. The van der Waals surface area contributed by atoms with Crippen molar-refractivity contribution in [1.29, 1.82) is 0 Å². The summed E-state index contributed by atoms with van der Waals surface area (Å²) in [7, 11) is 0. The minimum Gasteiger partial charge on any atom is -0.345 e. The maximum Gasteiger partial charge on any atom is 0.253 e. The van der Waals surface area contributed by atoms with Gasteiger partial charge in [0.15, 0.2) is 5.13 Å². The molecule has 0 saturated carbocycles. The van der Waals surface area contributed by atoms with Crippen molar-refractivity contribution >= 4 is 56.0 Å². The number of para-hydroxylation sites is 1. The SMILES string of the molecule is CSc1cccc2sc(N3CCN(C(=O)c4ccc(Cl)cc4)CC3)nc12. The van der Waals surface area contributed by atoms with E-state index in [0.29, 0.717) is 23.7 Å². The van der Waals surface area contributed by atoms with Crippen molar-refractivity contribution in [3.05, 3.63) is 53.1 Å². The zero-order chi connectivity index (χ0) is 18.1. The van der Waals surface area contributed by atoms with Crippen LogP contribution in [0.2, 0.25) is 5.02 Å². The number of amides is 1. The molecular weight excluding hydrogens is 386 g/mol. The molecule has 7 heteroatoms. The van der Waals surface area contributed by atoms with Crippen LogP contribution in [-0.2, 0) is 0 Å². The summed E-state index contributed by atoms with van der Waals surface area (Å²) in [6, 6.07) is 13.4. The molecule has 4 nitrogen and oxygen atoms in total. The molecule has 0 unspecified atom stereocenters. The number of piperazine rings is 1. The number of benzene rings is 2. The third-order valence-corrected chi connectivity index (χ3v) is 6.62. The zero-order valence-corrected chi connectivity index (χ0v) is 16.7. The standard InChI is InChI=1S/C19H18ClN3OS2/c1-25-15-3-2-4-16-17(15)21-19(26-16)23-11-9-22(10-12-23)18(24)13-5-7-14(20)8-6-13/h2-8H,9-12H2,1H3. The van der Waals surface area contributed by atoms with Gasteiger partial charge in [-0.25, -0.2) is 4.98 Å². The van der Waals surface area contributed by atoms with E-state index in [1.54, 1.807) is 47.4 Å². The third kappa shape index (κ3) is 3.41. The first-order valence-corrected chi connectivity index (χ1v) is 10.8. The Morgan fingerprint density at radius 1 is 1.12 bits per heavy atom. The van der Waals surface area contributed by atoms with Crippen molar-refractivity contribution in [1.82, 2.24) is 9.88 Å². The summed E-state index contributed by atoms with van der Waals surface area (Å²) in [6.45, 7) is 3.00. The zero-order valence-electron chi connectivity index (χ0n) is 14.3. The maximum atomic E-state index is 12.6. The Hall–Kier alpha value is -1.76. The number of nitrogens with zero attached hydrogens (tertiary/aromatic N) is 3. The second-order valence-electron chi connectivity index (χ2n) is 6.09. The number of carbonyl (C=O) groups is 1. The fraction of sp³-hybridized carbons (Fsp3) is 0.263. The van der Waals surface area contributed by atoms with Gasteiger partial charge in [-0.1, -0.05) is 29.0 Å². The Morgan fingerprint density at radius 2 is 1.85 bits per heavy atom. The van der Waals surface area contributed by atoms with Crippen LogP contribution >= 0.6 is 34.7 Å². The van der Waals surface area contributed by atoms with Crippen LogP contribution in [-0.4, -0.2) is 48.2 Å². The molecule has 3 aromatic rings. The van der Waals surface area contributed by atoms with Gasteiger partial charge in [0.2, 0.25) is 0 Å². The molecule has 0 radical (unpaired) electrons. The topological polar surface area (TPSA) is 36.4 Å². The lowest BCUT2D eigenvalue weighted by Gasteiger charge is -2.34. The van der Waals surface area contributed by atoms with Gasteiger partial charge in [-0.3, -0.25) is 4.79 Å². The van der Waals surface area contributed by atoms with Crippen molar-refractivity contribution in [3.8, 4) is 0 Å². The van der Waals surface area contributed by atoms with Crippen molar-refractivity contribution in [3.63, 3.8) is 0 Å². The first-order valence-electron chi connectivity index (χ1n) is 8.39. The van der Waals surface area contributed by atoms with E-state index in [1.165, 1.54) is 9.60 Å². The minimum absolute atomic E-state index is 0.0651. The molecule has 0 spiro atoms. The number of carbonyl (C=O) groups excluding carboxylic acids is 1. The Kier molecular flexibility index (Phi) is 5.07. The Morgan fingerprint density at radius 3 is 2.54 bits per heavy atom. The van der Waals surface area contributed by atoms with E-state index in [9.17, 15) is 4.79 Å². The number of thioether (sulfide) groups is 1. The average molecular weight is 404 g/mol. The summed E-state index contributed by atoms with van der Waals surface area (Å²) in [5.41, 5.74) is 1.77. The van der Waals surface area contributed by atoms with Crippen LogP contribution in [0.5, 0.6) is 0 Å². The average Bonchev–Trinajstić information content (AvgIpc) is 3.12. The smallest absolute Gasteiger partial charge is 0.253 e. The summed E-state index contributed by atoms with van der Waals surface area (Å²) < 4.78 is 1.21. The van der Waals surface area contributed by atoms with Crippen LogP contribution in [0.1, 0.15) is 10.4 Å². The molecule has 2 heterocycles. The van der Waals surface area contributed by atoms with Crippen molar-refractivity contribution in [2.24, 2.45) is 0 Å². The van der Waals surface area contributed by atoms with Crippen LogP contribution in [0, 0.1) is 0 Å². The predicted molar refractivity (Wildman–Crippen MR) is 111 cm³/mol. The molecule has 1 saturated heterocycles. The van der Waals surface area contributed by atoms with Gasteiger partial charge in [0.05, 0.1) is 10.2 Å². The molecular formula is C19H18ClN3OS2. The van der Waals surface area contributed by atoms with Crippen molar-refractivity contribution < 1.29 is 4.79 Å². The van der Waals surface area contributed by atoms with Gasteiger partial charge in [0.1, 0.15) is 0 Å². The van der Waals surface area contributed by atoms with Gasteiger partial charge in [0, 0.05) is 41.7 Å². The molecule has 1 aliphatic heterocycles. The van der Waals surface area contributed by atoms with E-state index in [0.717, 1.165) is 23.7 Å². The largest absolute Gasteiger partial charge is 0.345 e. The lowest BCUT2D eigenvalue weighted by Crippen LogP contribution is -2.48. The van der Waals surface area contributed by atoms with Crippen molar-refractivity contribution in [2.75, 3.05) is 37.3 Å². The quantitative estimate of drug-likeness (QED) is 0.597. The van der Waals surface area contributed by atoms with Crippen LogP contribution in [0.3, 0.4) is 0 Å². The summed E-state index contributed by atoms with van der Waals surface area (Å²) in [5, 5.41) is 1.69. The van der Waals surface area contributed by atoms with Gasteiger partial charge < -0.3 is 9.80 Å². The second-order valence-corrected chi connectivity index (χ2v) is 8.38. The Labute approximate surface area is 165 Å². The maximum absolute atomic E-state index is 12.6. The minimum atomic E-state index is 0.0651. The third-order valence-electron chi connectivity index (χ3n) is 4.52. The summed E-state index contributed by atoms with van der Waals surface area (Å²) in [4.78, 5) is 22.9. The van der Waals surface area contributed by atoms with Gasteiger partial charge >= 0.3 is 0 Å². The highest BCUT2D eigenvalue weighted by Gasteiger charge is 2.24. The molecule has 0 atom stereocenters. The molecule has 1 amide bonds. The van der Waals surface area contributed by atoms with E-state index >= 15 is 0 Å². The number of rotatable bonds is 3. The summed E-state index contributed by atoms with van der Waals surface area (Å²) in [6.07, 6.45) is 2.08. The molecule has 4 rings (SSSR count). The first kappa shape index (κ1) is 17.6. The number of halogens is 1. The van der Waals surface area contributed by atoms with E-state index in [-0.39, 0.29) is 5.91 Å². The number of hydrogen-bond donors (Lipinski definition) is 0. The molecule has 0 aliphatic carbocycles. The summed E-state index contributed by atoms with van der Waals surface area (Å²) >= 11 is 9.35. The number of thiazole rings is 1. The van der Waals surface area contributed by atoms with E-state index in [2.05, 4.69) is 29.4 Å². The summed E-state index contributed by atoms with van der Waals surface area (Å²) in [5.74, 6) is 0.0651. The lowest BCUT2D eigenvalue weighted by atomic mass is 10.2. The van der Waals surface area contributed by atoms with Crippen LogP contribution < -0.4 is 4.90 Å². The van der Waals surface area contributed by atoms with Crippen LogP contribution in [0.25, 0.3) is 10.2 Å². The van der Waals surface area contributed by atoms with E-state index < -0.39 is 0 Å². The molecule has 2 aromatic carbocycles. The van der Waals surface area contributed by atoms with Gasteiger partial charge in [0.25, 0.3) is 5.91 Å². The number of aromatic nitrogens is 1. The molecule has 1 aromatic heterocycles. The number of anilines is 1. The predicted octanol–water partition coefficient (Wildman–Crippen LogP) is 4.63. The van der Waals surface area contributed by atoms with E-state index in [4.69, 9.17) is 16.6 Å². The molecule has 0 N–H and O–H groups in total. The molecule has 26 heavy (non-hydrogen) atoms. The first-order chi connectivity index (χ1) is 12.7. The van der Waals surface area contributed by atoms with E-state index in [1.807, 2.05) is 4.90 Å². The highest BCUT2D eigenvalue weighted by Crippen LogP contribution is 2.34. The van der Waals surface area contributed by atoms with Gasteiger partial charge in [-0.2, -0.15) is 0 Å². The lowest BCUT2D eigenvalue weighted by molar-refractivity contribution is 0.0747. The van der Waals surface area contributed by atoms with Gasteiger partial charge in [-0.05, 0) is 42.7 Å². The molecule has 1 aliphatic rings. The molecule has 134 valence electrons. The van der Waals surface area contributed by atoms with Crippen molar-refractivity contribution in [2.45, 2.75) is 4.90 Å². The highest BCUT2D eigenvalue weighted by molar-refractivity contribution is 7.98. The molecule has 1 fully saturated rings. The fourth-order valence-corrected chi connectivity index (χ4v) is 4.89. The highest BCUT2D eigenvalue weighted by atomic mass is 35.5. The van der Waals surface area contributed by atoms with Crippen LogP contribution in [0.15, 0.2) is 47.4 Å². The van der Waals surface area contributed by atoms with Gasteiger partial charge in [-0.15, -0.1) is 11.8 Å².